The van der Waals surface area contributed by atoms with Gasteiger partial charge in [-0.3, -0.25) is 10.1 Å². The van der Waals surface area contributed by atoms with E-state index in [0.29, 0.717) is 0 Å². The van der Waals surface area contributed by atoms with E-state index in [0.717, 1.165) is 19.2 Å². The van der Waals surface area contributed by atoms with Crippen LogP contribution in [-0.2, 0) is 0 Å². The minimum absolute atomic E-state index is 0.00890. The number of halogens is 1. The molecule has 0 spiro atoms. The molecule has 0 aromatic heterocycles. The Kier molecular flexibility index (Phi) is 3.10. The fourth-order valence-electron chi connectivity index (χ4n) is 1.58. The first-order chi connectivity index (χ1) is 8.11. The summed E-state index contributed by atoms with van der Waals surface area (Å²) in [6.45, 7) is 1.47. The predicted octanol–water partition coefficient (Wildman–Crippen LogP) is 1.13. The second kappa shape index (κ2) is 4.54. The number of anilines is 1. The first kappa shape index (κ1) is 11.6. The molecular formula is C10H12FN3O3. The van der Waals surface area contributed by atoms with Crippen molar-refractivity contribution in [1.29, 1.82) is 0 Å². The van der Waals surface area contributed by atoms with E-state index in [9.17, 15) is 14.5 Å². The lowest BCUT2D eigenvalue weighted by Gasteiger charge is -2.28. The summed E-state index contributed by atoms with van der Waals surface area (Å²) in [6, 6.07) is 2.31. The summed E-state index contributed by atoms with van der Waals surface area (Å²) in [5, 5.41) is 16.8. The molecule has 0 amide bonds. The van der Waals surface area contributed by atoms with Gasteiger partial charge in [0.1, 0.15) is 5.69 Å². The van der Waals surface area contributed by atoms with Crippen LogP contribution in [0.3, 0.4) is 0 Å². The second-order valence-corrected chi connectivity index (χ2v) is 3.76. The van der Waals surface area contributed by atoms with Crippen LogP contribution in [0.15, 0.2) is 12.1 Å². The van der Waals surface area contributed by atoms with Gasteiger partial charge in [-0.15, -0.1) is 0 Å². The van der Waals surface area contributed by atoms with Crippen molar-refractivity contribution in [2.45, 2.75) is 6.04 Å². The van der Waals surface area contributed by atoms with Crippen LogP contribution in [0.25, 0.3) is 0 Å². The standard InChI is InChI=1S/C10H12FN3O3/c1-17-10-3-8(13-6-4-12-5-6)9(14(15)16)2-7(10)11/h2-3,6,12-13H,4-5H2,1H3. The molecule has 2 N–H and O–H groups in total. The molecule has 1 aliphatic heterocycles. The SMILES string of the molecule is COc1cc(NC2CNC2)c([N+](=O)[O-])cc1F. The molecule has 17 heavy (non-hydrogen) atoms. The normalized spacial score (nSPS) is 15.2. The molecule has 0 unspecified atom stereocenters. The van der Waals surface area contributed by atoms with Gasteiger partial charge in [-0.2, -0.15) is 0 Å². The van der Waals surface area contributed by atoms with Gasteiger partial charge in [0.2, 0.25) is 0 Å². The molecule has 0 atom stereocenters. The highest BCUT2D eigenvalue weighted by atomic mass is 19.1. The van der Waals surface area contributed by atoms with E-state index >= 15 is 0 Å². The molecule has 1 saturated heterocycles. The lowest BCUT2D eigenvalue weighted by atomic mass is 10.1. The number of hydrogen-bond donors (Lipinski definition) is 2. The van der Waals surface area contributed by atoms with Gasteiger partial charge in [-0.1, -0.05) is 0 Å². The molecule has 1 aromatic rings. The van der Waals surface area contributed by atoms with Gasteiger partial charge in [0.05, 0.1) is 24.1 Å². The van der Waals surface area contributed by atoms with Crippen molar-refractivity contribution in [3.05, 3.63) is 28.1 Å². The van der Waals surface area contributed by atoms with Crippen molar-refractivity contribution in [2.75, 3.05) is 25.5 Å². The fourth-order valence-corrected chi connectivity index (χ4v) is 1.58. The maximum absolute atomic E-state index is 13.4. The first-order valence-corrected chi connectivity index (χ1v) is 5.11. The number of rotatable bonds is 4. The number of nitro groups is 1. The van der Waals surface area contributed by atoms with Crippen molar-refractivity contribution in [1.82, 2.24) is 5.32 Å². The van der Waals surface area contributed by atoms with Crippen LogP contribution in [-0.4, -0.2) is 31.2 Å². The highest BCUT2D eigenvalue weighted by Crippen LogP contribution is 2.32. The third kappa shape index (κ3) is 2.28. The number of methoxy groups -OCH3 is 1. The van der Waals surface area contributed by atoms with Crippen LogP contribution < -0.4 is 15.4 Å². The molecule has 0 saturated carbocycles. The lowest BCUT2D eigenvalue weighted by Crippen LogP contribution is -2.51. The quantitative estimate of drug-likeness (QED) is 0.610. The van der Waals surface area contributed by atoms with E-state index in [-0.39, 0.29) is 23.2 Å². The monoisotopic (exact) mass is 241 g/mol. The van der Waals surface area contributed by atoms with Crippen LogP contribution in [0, 0.1) is 15.9 Å². The molecule has 0 aliphatic carbocycles. The summed E-state index contributed by atoms with van der Waals surface area (Å²) in [5.41, 5.74) is -0.00468. The van der Waals surface area contributed by atoms with Gasteiger partial charge in [-0.25, -0.2) is 4.39 Å². The average molecular weight is 241 g/mol. The highest BCUT2D eigenvalue weighted by molar-refractivity contribution is 5.65. The molecule has 1 aromatic carbocycles. The molecule has 2 rings (SSSR count). The van der Waals surface area contributed by atoms with Gasteiger partial charge in [-0.05, 0) is 0 Å². The van der Waals surface area contributed by atoms with Crippen molar-refractivity contribution >= 4 is 11.4 Å². The number of nitro benzene ring substituents is 1. The maximum atomic E-state index is 13.4. The first-order valence-electron chi connectivity index (χ1n) is 5.11. The lowest BCUT2D eigenvalue weighted by molar-refractivity contribution is -0.384. The Bertz CT molecular complexity index is 449. The number of hydrogen-bond acceptors (Lipinski definition) is 5. The molecule has 6 nitrogen and oxygen atoms in total. The Morgan fingerprint density at radius 3 is 2.76 bits per heavy atom. The fraction of sp³-hybridized carbons (Fsp3) is 0.400. The molecule has 7 heteroatoms. The summed E-state index contributed by atoms with van der Waals surface area (Å²) in [6.07, 6.45) is 0. The smallest absolute Gasteiger partial charge is 0.295 e. The number of nitrogens with one attached hydrogen (secondary N) is 2. The van der Waals surface area contributed by atoms with Crippen LogP contribution in [0.2, 0.25) is 0 Å². The highest BCUT2D eigenvalue weighted by Gasteiger charge is 2.23. The molecule has 0 radical (unpaired) electrons. The Morgan fingerprint density at radius 1 is 1.59 bits per heavy atom. The summed E-state index contributed by atoms with van der Waals surface area (Å²) < 4.78 is 18.2. The summed E-state index contributed by atoms with van der Waals surface area (Å²) >= 11 is 0. The van der Waals surface area contributed by atoms with Crippen LogP contribution in [0.5, 0.6) is 5.75 Å². The zero-order chi connectivity index (χ0) is 12.4. The van der Waals surface area contributed by atoms with Crippen molar-refractivity contribution < 1.29 is 14.1 Å². The van der Waals surface area contributed by atoms with E-state index in [4.69, 9.17) is 4.74 Å². The van der Waals surface area contributed by atoms with Crippen molar-refractivity contribution in [3.8, 4) is 5.75 Å². The Morgan fingerprint density at radius 2 is 2.29 bits per heavy atom. The number of benzene rings is 1. The number of nitrogens with zero attached hydrogens (tertiary/aromatic N) is 1. The van der Waals surface area contributed by atoms with Crippen molar-refractivity contribution in [3.63, 3.8) is 0 Å². The third-order valence-electron chi connectivity index (χ3n) is 2.61. The molecule has 1 heterocycles. The molecule has 0 bridgehead atoms. The van der Waals surface area contributed by atoms with E-state index < -0.39 is 10.7 Å². The summed E-state index contributed by atoms with van der Waals surface area (Å²) in [5.74, 6) is -0.748. The predicted molar refractivity (Wildman–Crippen MR) is 59.9 cm³/mol. The Hall–Kier alpha value is -1.89. The molecule has 1 fully saturated rings. The average Bonchev–Trinajstić information content (AvgIpc) is 2.24. The second-order valence-electron chi connectivity index (χ2n) is 3.76. The van der Waals surface area contributed by atoms with E-state index in [1.807, 2.05) is 0 Å². The van der Waals surface area contributed by atoms with Crippen LogP contribution in [0.4, 0.5) is 15.8 Å². The molecule has 92 valence electrons. The Balaban J connectivity index is 2.34. The molecular weight excluding hydrogens is 229 g/mol. The van der Waals surface area contributed by atoms with E-state index in [2.05, 4.69) is 10.6 Å². The minimum atomic E-state index is -0.739. The van der Waals surface area contributed by atoms with Crippen LogP contribution in [0.1, 0.15) is 0 Å². The van der Waals surface area contributed by atoms with E-state index in [1.165, 1.54) is 13.2 Å². The number of ether oxygens (including phenoxy) is 1. The molecule has 1 aliphatic rings. The van der Waals surface area contributed by atoms with Gasteiger partial charge < -0.3 is 15.4 Å². The van der Waals surface area contributed by atoms with Gasteiger partial charge in [0.15, 0.2) is 11.6 Å². The van der Waals surface area contributed by atoms with E-state index in [1.54, 1.807) is 0 Å². The maximum Gasteiger partial charge on any atom is 0.295 e. The van der Waals surface area contributed by atoms with Gasteiger partial charge in [0, 0.05) is 19.2 Å². The van der Waals surface area contributed by atoms with Gasteiger partial charge in [0.25, 0.3) is 5.69 Å². The largest absolute Gasteiger partial charge is 0.494 e. The summed E-state index contributed by atoms with van der Waals surface area (Å²) in [7, 11) is 1.32. The zero-order valence-electron chi connectivity index (χ0n) is 9.20. The van der Waals surface area contributed by atoms with Gasteiger partial charge >= 0.3 is 0 Å². The van der Waals surface area contributed by atoms with Crippen molar-refractivity contribution in [2.24, 2.45) is 0 Å². The minimum Gasteiger partial charge on any atom is -0.494 e. The zero-order valence-corrected chi connectivity index (χ0v) is 9.20. The topological polar surface area (TPSA) is 76.4 Å². The Labute approximate surface area is 96.9 Å². The third-order valence-corrected chi connectivity index (χ3v) is 2.61. The van der Waals surface area contributed by atoms with Crippen LogP contribution >= 0.6 is 0 Å². The summed E-state index contributed by atoms with van der Waals surface area (Å²) in [4.78, 5) is 10.2.